The molecule has 0 spiro atoms. The quantitative estimate of drug-likeness (QED) is 0.730. The monoisotopic (exact) mass is 252 g/mol. The average molecular weight is 252 g/mol. The van der Waals surface area contributed by atoms with Gasteiger partial charge in [-0.05, 0) is 17.2 Å². The fourth-order valence-electron chi connectivity index (χ4n) is 2.92. The molecular formula is C15H12N2O2. The summed E-state index contributed by atoms with van der Waals surface area (Å²) in [6, 6.07) is 10.0. The molecular weight excluding hydrogens is 240 g/mol. The smallest absolute Gasteiger partial charge is 0.315 e. The van der Waals surface area contributed by atoms with Crippen LogP contribution in [0.2, 0.25) is 0 Å². The maximum atomic E-state index is 12.0. The van der Waals surface area contributed by atoms with Crippen molar-refractivity contribution in [1.82, 2.24) is 9.55 Å². The lowest BCUT2D eigenvalue weighted by Gasteiger charge is -2.25. The van der Waals surface area contributed by atoms with Gasteiger partial charge in [0.05, 0.1) is 6.04 Å². The number of esters is 1. The molecule has 4 nitrogen and oxygen atoms in total. The third-order valence-electron chi connectivity index (χ3n) is 3.82. The number of hydrogen-bond donors (Lipinski definition) is 0. The van der Waals surface area contributed by atoms with Gasteiger partial charge in [-0.15, -0.1) is 0 Å². The van der Waals surface area contributed by atoms with Crippen molar-refractivity contribution in [2.24, 2.45) is 5.92 Å². The highest BCUT2D eigenvalue weighted by Gasteiger charge is 2.43. The van der Waals surface area contributed by atoms with Gasteiger partial charge < -0.3 is 9.30 Å². The van der Waals surface area contributed by atoms with Gasteiger partial charge in [-0.2, -0.15) is 0 Å². The van der Waals surface area contributed by atoms with Crippen LogP contribution in [0.5, 0.6) is 0 Å². The van der Waals surface area contributed by atoms with Crippen LogP contribution in [0, 0.1) is 5.92 Å². The Morgan fingerprint density at radius 1 is 1.26 bits per heavy atom. The molecule has 0 bridgehead atoms. The summed E-state index contributed by atoms with van der Waals surface area (Å²) in [5.74, 6) is 0.530. The van der Waals surface area contributed by atoms with Crippen molar-refractivity contribution in [3.8, 4) is 0 Å². The molecule has 0 amide bonds. The first-order valence-electron chi connectivity index (χ1n) is 6.31. The Balaban J connectivity index is 1.92. The molecule has 2 atom stereocenters. The number of hydrogen-bond acceptors (Lipinski definition) is 3. The van der Waals surface area contributed by atoms with E-state index in [2.05, 4.69) is 4.98 Å². The van der Waals surface area contributed by atoms with E-state index in [1.54, 1.807) is 6.20 Å². The molecule has 1 aromatic carbocycles. The first kappa shape index (κ1) is 10.6. The van der Waals surface area contributed by atoms with Gasteiger partial charge in [-0.3, -0.25) is 4.79 Å². The molecule has 4 rings (SSSR count). The molecule has 2 aliphatic rings. The molecule has 3 heterocycles. The molecule has 0 saturated carbocycles. The number of rotatable bonds is 1. The SMILES string of the molecule is O=C1OC[C@H]2[C@@H]1C(c1ccccc1)=Cc1nccn12. The number of fused-ring (bicyclic) bond motifs is 3. The average Bonchev–Trinajstić information content (AvgIpc) is 3.05. The van der Waals surface area contributed by atoms with Gasteiger partial charge in [0.2, 0.25) is 0 Å². The molecule has 1 fully saturated rings. The number of carbonyl (C=O) groups is 1. The van der Waals surface area contributed by atoms with Crippen molar-refractivity contribution in [2.45, 2.75) is 6.04 Å². The van der Waals surface area contributed by atoms with Gasteiger partial charge in [-0.1, -0.05) is 30.3 Å². The van der Waals surface area contributed by atoms with E-state index >= 15 is 0 Å². The highest BCUT2D eigenvalue weighted by molar-refractivity contribution is 5.97. The lowest BCUT2D eigenvalue weighted by Crippen LogP contribution is -2.25. The Bertz CT molecular complexity index is 672. The molecule has 2 aliphatic heterocycles. The Morgan fingerprint density at radius 3 is 2.95 bits per heavy atom. The lowest BCUT2D eigenvalue weighted by atomic mass is 9.86. The van der Waals surface area contributed by atoms with Crippen LogP contribution in [0.25, 0.3) is 11.6 Å². The third kappa shape index (κ3) is 1.46. The zero-order valence-electron chi connectivity index (χ0n) is 10.2. The lowest BCUT2D eigenvalue weighted by molar-refractivity contribution is -0.139. The first-order chi connectivity index (χ1) is 9.34. The van der Waals surface area contributed by atoms with E-state index in [0.717, 1.165) is 17.0 Å². The van der Waals surface area contributed by atoms with E-state index in [4.69, 9.17) is 4.74 Å². The molecule has 1 aromatic heterocycles. The van der Waals surface area contributed by atoms with E-state index < -0.39 is 0 Å². The van der Waals surface area contributed by atoms with Crippen LogP contribution >= 0.6 is 0 Å². The summed E-state index contributed by atoms with van der Waals surface area (Å²) in [6.45, 7) is 0.428. The van der Waals surface area contributed by atoms with Crippen molar-refractivity contribution < 1.29 is 9.53 Å². The Labute approximate surface area is 110 Å². The van der Waals surface area contributed by atoms with Gasteiger partial charge in [0.15, 0.2) is 0 Å². The molecule has 0 aliphatic carbocycles. The number of aromatic nitrogens is 2. The van der Waals surface area contributed by atoms with Gasteiger partial charge in [0.25, 0.3) is 0 Å². The van der Waals surface area contributed by atoms with E-state index in [9.17, 15) is 4.79 Å². The van der Waals surface area contributed by atoms with Crippen LogP contribution in [0.15, 0.2) is 42.7 Å². The number of benzene rings is 1. The second-order valence-corrected chi connectivity index (χ2v) is 4.83. The van der Waals surface area contributed by atoms with Crippen molar-refractivity contribution in [3.63, 3.8) is 0 Å². The van der Waals surface area contributed by atoms with E-state index in [-0.39, 0.29) is 17.9 Å². The van der Waals surface area contributed by atoms with Crippen molar-refractivity contribution in [3.05, 3.63) is 54.1 Å². The van der Waals surface area contributed by atoms with E-state index in [1.807, 2.05) is 47.2 Å². The van der Waals surface area contributed by atoms with Crippen LogP contribution in [-0.2, 0) is 9.53 Å². The van der Waals surface area contributed by atoms with Crippen LogP contribution in [0.1, 0.15) is 17.4 Å². The van der Waals surface area contributed by atoms with Crippen LogP contribution in [-0.4, -0.2) is 22.1 Å². The minimum Gasteiger partial charge on any atom is -0.463 e. The Hall–Kier alpha value is -2.36. The highest BCUT2D eigenvalue weighted by Crippen LogP contribution is 2.42. The fourth-order valence-corrected chi connectivity index (χ4v) is 2.92. The van der Waals surface area contributed by atoms with E-state index in [0.29, 0.717) is 6.61 Å². The molecule has 4 heteroatoms. The van der Waals surface area contributed by atoms with Crippen molar-refractivity contribution in [2.75, 3.05) is 6.61 Å². The summed E-state index contributed by atoms with van der Waals surface area (Å²) in [6.07, 6.45) is 5.66. The number of ether oxygens (including phenoxy) is 1. The summed E-state index contributed by atoms with van der Waals surface area (Å²) in [5.41, 5.74) is 2.07. The maximum Gasteiger partial charge on any atom is 0.315 e. The number of carbonyl (C=O) groups excluding carboxylic acids is 1. The molecule has 0 radical (unpaired) electrons. The predicted octanol–water partition coefficient (Wildman–Crippen LogP) is 2.15. The van der Waals surface area contributed by atoms with Crippen molar-refractivity contribution >= 4 is 17.6 Å². The van der Waals surface area contributed by atoms with Gasteiger partial charge >= 0.3 is 5.97 Å². The van der Waals surface area contributed by atoms with E-state index in [1.165, 1.54) is 0 Å². The van der Waals surface area contributed by atoms with Gasteiger partial charge in [0.1, 0.15) is 18.3 Å². The standard InChI is InChI=1S/C15H12N2O2/c18-15-14-11(10-4-2-1-3-5-10)8-13-16-6-7-17(13)12(14)9-19-15/h1-8,12,14H,9H2/t12-,14-/m0/s1. The molecule has 1 saturated heterocycles. The Kier molecular flexibility index (Phi) is 2.12. The van der Waals surface area contributed by atoms with Crippen LogP contribution in [0.3, 0.4) is 0 Å². The van der Waals surface area contributed by atoms with Crippen molar-refractivity contribution in [1.29, 1.82) is 0 Å². The fraction of sp³-hybridized carbons (Fsp3) is 0.200. The summed E-state index contributed by atoms with van der Waals surface area (Å²) in [4.78, 5) is 16.4. The zero-order chi connectivity index (χ0) is 12.8. The number of cyclic esters (lactones) is 1. The number of nitrogens with zero attached hydrogens (tertiary/aromatic N) is 2. The molecule has 0 unspecified atom stereocenters. The highest BCUT2D eigenvalue weighted by atomic mass is 16.5. The normalized spacial score (nSPS) is 24.4. The Morgan fingerprint density at radius 2 is 2.11 bits per heavy atom. The van der Waals surface area contributed by atoms with Gasteiger partial charge in [-0.25, -0.2) is 4.98 Å². The summed E-state index contributed by atoms with van der Waals surface area (Å²) in [7, 11) is 0. The topological polar surface area (TPSA) is 44.1 Å². The number of imidazole rings is 1. The minimum atomic E-state index is -0.218. The second-order valence-electron chi connectivity index (χ2n) is 4.83. The third-order valence-corrected chi connectivity index (χ3v) is 3.82. The molecule has 94 valence electrons. The maximum absolute atomic E-state index is 12.0. The first-order valence-corrected chi connectivity index (χ1v) is 6.31. The minimum absolute atomic E-state index is 0.0326. The molecule has 0 N–H and O–H groups in total. The zero-order valence-corrected chi connectivity index (χ0v) is 10.2. The second kappa shape index (κ2) is 3.82. The molecule has 2 aromatic rings. The van der Waals surface area contributed by atoms with Crippen LogP contribution in [0.4, 0.5) is 0 Å². The summed E-state index contributed by atoms with van der Waals surface area (Å²) >= 11 is 0. The van der Waals surface area contributed by atoms with Crippen LogP contribution < -0.4 is 0 Å². The largest absolute Gasteiger partial charge is 0.463 e. The summed E-state index contributed by atoms with van der Waals surface area (Å²) < 4.78 is 7.28. The molecule has 19 heavy (non-hydrogen) atoms. The predicted molar refractivity (Wildman–Crippen MR) is 70.0 cm³/mol. The summed E-state index contributed by atoms with van der Waals surface area (Å²) in [5, 5.41) is 0. The van der Waals surface area contributed by atoms with Gasteiger partial charge in [0, 0.05) is 12.4 Å².